The zero-order valence-electron chi connectivity index (χ0n) is 8.99. The Labute approximate surface area is 88.9 Å². The van der Waals surface area contributed by atoms with E-state index >= 15 is 0 Å². The van der Waals surface area contributed by atoms with Gasteiger partial charge in [-0.1, -0.05) is 18.2 Å². The molecule has 0 aliphatic carbocycles. The van der Waals surface area contributed by atoms with Crippen molar-refractivity contribution in [2.45, 2.75) is 26.0 Å². The number of aromatic nitrogens is 1. The maximum absolute atomic E-state index is 9.54. The van der Waals surface area contributed by atoms with Crippen molar-refractivity contribution in [2.75, 3.05) is 0 Å². The summed E-state index contributed by atoms with van der Waals surface area (Å²) < 4.78 is 0. The highest BCUT2D eigenvalue weighted by Crippen LogP contribution is 2.27. The van der Waals surface area contributed by atoms with Crippen LogP contribution in [-0.2, 0) is 0 Å². The van der Waals surface area contributed by atoms with E-state index in [4.69, 9.17) is 5.73 Å². The molecule has 0 saturated carbocycles. The maximum Gasteiger partial charge on any atom is 0.0705 e. The molecule has 2 rings (SSSR count). The molecule has 15 heavy (non-hydrogen) atoms. The number of aliphatic hydroxyl groups excluding tert-OH is 1. The van der Waals surface area contributed by atoms with Gasteiger partial charge in [-0.3, -0.25) is 0 Å². The van der Waals surface area contributed by atoms with Crippen molar-refractivity contribution in [2.24, 2.45) is 5.73 Å². The Kier molecular flexibility index (Phi) is 2.50. The average Bonchev–Trinajstić information content (AvgIpc) is 2.52. The summed E-state index contributed by atoms with van der Waals surface area (Å²) in [5.41, 5.74) is 9.10. The molecule has 3 heteroatoms. The molecule has 3 nitrogen and oxygen atoms in total. The smallest absolute Gasteiger partial charge is 0.0705 e. The summed E-state index contributed by atoms with van der Waals surface area (Å²) >= 11 is 0. The number of rotatable bonds is 2. The van der Waals surface area contributed by atoms with Crippen LogP contribution in [0.2, 0.25) is 0 Å². The number of H-pyrrole nitrogens is 1. The highest BCUT2D eigenvalue weighted by molar-refractivity contribution is 5.85. The van der Waals surface area contributed by atoms with Gasteiger partial charge < -0.3 is 15.8 Å². The normalized spacial score (nSPS) is 15.5. The summed E-state index contributed by atoms with van der Waals surface area (Å²) in [7, 11) is 0. The fraction of sp³-hybridized carbons (Fsp3) is 0.333. The molecule has 1 heterocycles. The third-order valence-electron chi connectivity index (χ3n) is 2.80. The SMILES string of the molecule is Cc1[nH]c2ccccc2c1C(N)C(C)O. The molecule has 2 atom stereocenters. The summed E-state index contributed by atoms with van der Waals surface area (Å²) in [6.45, 7) is 3.70. The van der Waals surface area contributed by atoms with Crippen LogP contribution in [0.5, 0.6) is 0 Å². The number of aryl methyl sites for hydroxylation is 1. The minimum Gasteiger partial charge on any atom is -0.391 e. The van der Waals surface area contributed by atoms with E-state index in [1.165, 1.54) is 0 Å². The summed E-state index contributed by atoms with van der Waals surface area (Å²) in [6.07, 6.45) is -0.539. The predicted octanol–water partition coefficient (Wildman–Crippen LogP) is 1.86. The number of aromatic amines is 1. The van der Waals surface area contributed by atoms with Gasteiger partial charge in [0.1, 0.15) is 0 Å². The zero-order chi connectivity index (χ0) is 11.0. The molecule has 80 valence electrons. The van der Waals surface area contributed by atoms with Gasteiger partial charge in [-0.05, 0) is 25.5 Å². The Morgan fingerprint density at radius 3 is 2.67 bits per heavy atom. The van der Waals surface area contributed by atoms with E-state index in [0.717, 1.165) is 22.2 Å². The number of hydrogen-bond donors (Lipinski definition) is 3. The van der Waals surface area contributed by atoms with Gasteiger partial charge in [-0.2, -0.15) is 0 Å². The first-order chi connectivity index (χ1) is 7.11. The lowest BCUT2D eigenvalue weighted by molar-refractivity contribution is 0.164. The van der Waals surface area contributed by atoms with Crippen LogP contribution < -0.4 is 5.73 Å². The number of hydrogen-bond acceptors (Lipinski definition) is 2. The molecule has 0 bridgehead atoms. The summed E-state index contributed by atoms with van der Waals surface area (Å²) in [5.74, 6) is 0. The van der Waals surface area contributed by atoms with Crippen molar-refractivity contribution in [1.29, 1.82) is 0 Å². The second-order valence-corrected chi connectivity index (χ2v) is 3.98. The van der Waals surface area contributed by atoms with Crippen LogP contribution in [-0.4, -0.2) is 16.2 Å². The molecule has 2 unspecified atom stereocenters. The molecule has 0 amide bonds. The van der Waals surface area contributed by atoms with E-state index in [2.05, 4.69) is 4.98 Å². The Morgan fingerprint density at radius 1 is 1.33 bits per heavy atom. The van der Waals surface area contributed by atoms with Crippen molar-refractivity contribution < 1.29 is 5.11 Å². The molecule has 0 aliphatic rings. The molecular formula is C12H16N2O. The van der Waals surface area contributed by atoms with Gasteiger partial charge in [0, 0.05) is 16.6 Å². The largest absolute Gasteiger partial charge is 0.391 e. The van der Waals surface area contributed by atoms with Crippen LogP contribution in [0.25, 0.3) is 10.9 Å². The number of benzene rings is 1. The van der Waals surface area contributed by atoms with E-state index in [1.54, 1.807) is 6.92 Å². The standard InChI is InChI=1S/C12H16N2O/c1-7-11(12(13)8(2)15)9-5-3-4-6-10(9)14-7/h3-6,8,12,14-15H,13H2,1-2H3. The predicted molar refractivity (Wildman–Crippen MR) is 61.6 cm³/mol. The molecule has 1 aromatic heterocycles. The van der Waals surface area contributed by atoms with Crippen LogP contribution in [0.3, 0.4) is 0 Å². The summed E-state index contributed by atoms with van der Waals surface area (Å²) in [5, 5.41) is 10.6. The van der Waals surface area contributed by atoms with Crippen molar-refractivity contribution in [3.63, 3.8) is 0 Å². The number of fused-ring (bicyclic) bond motifs is 1. The molecule has 1 aromatic carbocycles. The Bertz CT molecular complexity index is 473. The van der Waals surface area contributed by atoms with Gasteiger partial charge >= 0.3 is 0 Å². The Balaban J connectivity index is 2.63. The molecule has 2 aromatic rings. The quantitative estimate of drug-likeness (QED) is 0.699. The lowest BCUT2D eigenvalue weighted by Gasteiger charge is -2.15. The topological polar surface area (TPSA) is 62.0 Å². The van der Waals surface area contributed by atoms with Gasteiger partial charge in [-0.25, -0.2) is 0 Å². The number of aliphatic hydroxyl groups is 1. The minimum absolute atomic E-state index is 0.332. The molecule has 4 N–H and O–H groups in total. The molecule has 0 saturated heterocycles. The average molecular weight is 204 g/mol. The van der Waals surface area contributed by atoms with Gasteiger partial charge in [0.2, 0.25) is 0 Å². The lowest BCUT2D eigenvalue weighted by Crippen LogP contribution is -2.23. The van der Waals surface area contributed by atoms with Crippen LogP contribution >= 0.6 is 0 Å². The van der Waals surface area contributed by atoms with Crippen molar-refractivity contribution >= 4 is 10.9 Å². The van der Waals surface area contributed by atoms with E-state index in [9.17, 15) is 5.11 Å². The monoisotopic (exact) mass is 204 g/mol. The highest BCUT2D eigenvalue weighted by atomic mass is 16.3. The number of para-hydroxylation sites is 1. The third-order valence-corrected chi connectivity index (χ3v) is 2.80. The molecule has 0 fully saturated rings. The fourth-order valence-corrected chi connectivity index (χ4v) is 1.97. The summed E-state index contributed by atoms with van der Waals surface area (Å²) in [4.78, 5) is 3.27. The van der Waals surface area contributed by atoms with Gasteiger partial charge in [-0.15, -0.1) is 0 Å². The van der Waals surface area contributed by atoms with E-state index < -0.39 is 6.10 Å². The number of nitrogens with two attached hydrogens (primary N) is 1. The molecule has 0 spiro atoms. The summed E-state index contributed by atoms with van der Waals surface area (Å²) in [6, 6.07) is 7.67. The van der Waals surface area contributed by atoms with Crippen LogP contribution in [0.1, 0.15) is 24.2 Å². The first-order valence-electron chi connectivity index (χ1n) is 5.12. The first-order valence-corrected chi connectivity index (χ1v) is 5.12. The van der Waals surface area contributed by atoms with Crippen molar-refractivity contribution in [3.8, 4) is 0 Å². The van der Waals surface area contributed by atoms with E-state index in [0.29, 0.717) is 0 Å². The highest BCUT2D eigenvalue weighted by Gasteiger charge is 2.18. The van der Waals surface area contributed by atoms with Gasteiger partial charge in [0.05, 0.1) is 12.1 Å². The van der Waals surface area contributed by atoms with E-state index in [-0.39, 0.29) is 6.04 Å². The second-order valence-electron chi connectivity index (χ2n) is 3.98. The van der Waals surface area contributed by atoms with Crippen molar-refractivity contribution in [3.05, 3.63) is 35.5 Å². The number of nitrogens with one attached hydrogen (secondary N) is 1. The van der Waals surface area contributed by atoms with Crippen LogP contribution in [0, 0.1) is 6.92 Å². The zero-order valence-corrected chi connectivity index (χ0v) is 8.99. The first kappa shape index (κ1) is 10.2. The van der Waals surface area contributed by atoms with E-state index in [1.807, 2.05) is 31.2 Å². The third kappa shape index (κ3) is 1.64. The Morgan fingerprint density at radius 2 is 2.00 bits per heavy atom. The van der Waals surface area contributed by atoms with Gasteiger partial charge in [0.15, 0.2) is 0 Å². The molecule has 0 aliphatic heterocycles. The lowest BCUT2D eigenvalue weighted by atomic mass is 10.0. The van der Waals surface area contributed by atoms with Crippen molar-refractivity contribution in [1.82, 2.24) is 4.98 Å². The Hall–Kier alpha value is -1.32. The molecule has 0 radical (unpaired) electrons. The molecular weight excluding hydrogens is 188 g/mol. The van der Waals surface area contributed by atoms with Gasteiger partial charge in [0.25, 0.3) is 0 Å². The fourth-order valence-electron chi connectivity index (χ4n) is 1.97. The van der Waals surface area contributed by atoms with Crippen LogP contribution in [0.15, 0.2) is 24.3 Å². The minimum atomic E-state index is -0.539. The second kappa shape index (κ2) is 3.68. The van der Waals surface area contributed by atoms with Crippen LogP contribution in [0.4, 0.5) is 0 Å². The maximum atomic E-state index is 9.54.